The minimum atomic E-state index is 0.778. The van der Waals surface area contributed by atoms with Crippen molar-refractivity contribution < 1.29 is 0 Å². The number of hydrogen-bond acceptors (Lipinski definition) is 3. The first-order valence-electron chi connectivity index (χ1n) is 6.46. The number of rotatable bonds is 3. The molecule has 1 aromatic heterocycles. The molecule has 19 heavy (non-hydrogen) atoms. The van der Waals surface area contributed by atoms with E-state index in [0.717, 1.165) is 42.6 Å². The molecule has 0 bridgehead atoms. The van der Waals surface area contributed by atoms with Gasteiger partial charge < -0.3 is 14.8 Å². The van der Waals surface area contributed by atoms with Crippen LogP contribution >= 0.6 is 11.6 Å². The summed E-state index contributed by atoms with van der Waals surface area (Å²) in [4.78, 5) is 6.75. The highest BCUT2D eigenvalue weighted by molar-refractivity contribution is 6.31. The molecule has 0 fully saturated rings. The molecule has 100 valence electrons. The van der Waals surface area contributed by atoms with Gasteiger partial charge in [-0.2, -0.15) is 0 Å². The van der Waals surface area contributed by atoms with Crippen LogP contribution in [0.2, 0.25) is 5.02 Å². The number of nitrogens with zero attached hydrogens (tertiary/aromatic N) is 3. The van der Waals surface area contributed by atoms with Crippen LogP contribution in [-0.4, -0.2) is 23.1 Å². The predicted octanol–water partition coefficient (Wildman–Crippen LogP) is 2.28. The average Bonchev–Trinajstić information content (AvgIpc) is 2.88. The van der Waals surface area contributed by atoms with Crippen LogP contribution in [-0.2, 0) is 19.6 Å². The van der Waals surface area contributed by atoms with Crippen LogP contribution in [0.4, 0.5) is 5.69 Å². The van der Waals surface area contributed by atoms with Gasteiger partial charge in [-0.3, -0.25) is 0 Å². The molecule has 5 heteroatoms. The molecule has 3 rings (SSSR count). The van der Waals surface area contributed by atoms with Crippen LogP contribution in [0.5, 0.6) is 0 Å². The summed E-state index contributed by atoms with van der Waals surface area (Å²) in [5.41, 5.74) is 2.36. The molecule has 0 atom stereocenters. The molecule has 0 unspecified atom stereocenters. The number of aromatic nitrogens is 2. The fraction of sp³-hybridized carbons (Fsp3) is 0.357. The lowest BCUT2D eigenvalue weighted by Gasteiger charge is -2.31. The summed E-state index contributed by atoms with van der Waals surface area (Å²) in [6.07, 6.45) is 3.91. The maximum absolute atomic E-state index is 6.32. The maximum atomic E-state index is 6.32. The fourth-order valence-corrected chi connectivity index (χ4v) is 2.81. The monoisotopic (exact) mass is 276 g/mol. The number of fused-ring (bicyclic) bond motifs is 1. The van der Waals surface area contributed by atoms with E-state index in [1.54, 1.807) is 0 Å². The summed E-state index contributed by atoms with van der Waals surface area (Å²) < 4.78 is 2.21. The number of anilines is 1. The highest BCUT2D eigenvalue weighted by Crippen LogP contribution is 2.29. The Morgan fingerprint density at radius 1 is 1.37 bits per heavy atom. The second-order valence-corrected chi connectivity index (χ2v) is 5.13. The van der Waals surface area contributed by atoms with Crippen molar-refractivity contribution in [2.24, 2.45) is 0 Å². The van der Waals surface area contributed by atoms with Gasteiger partial charge in [0.25, 0.3) is 0 Å². The van der Waals surface area contributed by atoms with E-state index < -0.39 is 0 Å². The number of benzene rings is 1. The molecule has 2 heterocycles. The molecule has 1 aromatic carbocycles. The Morgan fingerprint density at radius 3 is 3.11 bits per heavy atom. The van der Waals surface area contributed by atoms with E-state index in [0.29, 0.717) is 0 Å². The number of halogens is 1. The quantitative estimate of drug-likeness (QED) is 0.934. The molecular weight excluding hydrogens is 260 g/mol. The van der Waals surface area contributed by atoms with E-state index in [9.17, 15) is 0 Å². The minimum absolute atomic E-state index is 0.778. The van der Waals surface area contributed by atoms with Crippen molar-refractivity contribution in [3.63, 3.8) is 0 Å². The fourth-order valence-electron chi connectivity index (χ4n) is 2.57. The molecule has 1 aliphatic rings. The molecule has 0 spiro atoms. The highest BCUT2D eigenvalue weighted by Gasteiger charge is 2.19. The normalized spacial score (nSPS) is 14.5. The van der Waals surface area contributed by atoms with Gasteiger partial charge >= 0.3 is 0 Å². The van der Waals surface area contributed by atoms with Crippen LogP contribution in [0.25, 0.3) is 0 Å². The van der Waals surface area contributed by atoms with Crippen molar-refractivity contribution >= 4 is 17.3 Å². The summed E-state index contributed by atoms with van der Waals surface area (Å²) in [6, 6.07) is 6.09. The Kier molecular flexibility index (Phi) is 3.44. The Morgan fingerprint density at radius 2 is 2.26 bits per heavy atom. The predicted molar refractivity (Wildman–Crippen MR) is 77.5 cm³/mol. The lowest BCUT2D eigenvalue weighted by molar-refractivity contribution is 0.558. The molecule has 0 aliphatic carbocycles. The molecule has 0 saturated carbocycles. The number of hydrogen-bond donors (Lipinski definition) is 1. The summed E-state index contributed by atoms with van der Waals surface area (Å²) >= 11 is 6.32. The Bertz CT molecular complexity index is 579. The van der Waals surface area contributed by atoms with E-state index in [1.165, 1.54) is 5.69 Å². The molecule has 4 nitrogen and oxygen atoms in total. The summed E-state index contributed by atoms with van der Waals surface area (Å²) in [5, 5.41) is 4.01. The van der Waals surface area contributed by atoms with Crippen molar-refractivity contribution in [2.75, 3.05) is 18.5 Å². The van der Waals surface area contributed by atoms with E-state index in [1.807, 2.05) is 31.6 Å². The van der Waals surface area contributed by atoms with E-state index in [4.69, 9.17) is 11.6 Å². The second kappa shape index (κ2) is 5.23. The van der Waals surface area contributed by atoms with Crippen LogP contribution in [0, 0.1) is 0 Å². The molecule has 1 aliphatic heterocycles. The van der Waals surface area contributed by atoms with E-state index in [2.05, 4.69) is 25.8 Å². The Labute approximate surface area is 118 Å². The lowest BCUT2D eigenvalue weighted by atomic mass is 10.1. The molecule has 0 amide bonds. The van der Waals surface area contributed by atoms with Crippen LogP contribution in [0.3, 0.4) is 0 Å². The van der Waals surface area contributed by atoms with Gasteiger partial charge in [-0.25, -0.2) is 4.98 Å². The van der Waals surface area contributed by atoms with E-state index >= 15 is 0 Å². The van der Waals surface area contributed by atoms with Crippen molar-refractivity contribution in [1.29, 1.82) is 0 Å². The van der Waals surface area contributed by atoms with Gasteiger partial charge in [-0.05, 0) is 19.2 Å². The zero-order valence-corrected chi connectivity index (χ0v) is 11.7. The van der Waals surface area contributed by atoms with Gasteiger partial charge in [0, 0.05) is 48.3 Å². The molecule has 2 aromatic rings. The second-order valence-electron chi connectivity index (χ2n) is 4.73. The minimum Gasteiger partial charge on any atom is -0.362 e. The third kappa shape index (κ3) is 2.33. The van der Waals surface area contributed by atoms with Crippen molar-refractivity contribution in [1.82, 2.24) is 14.9 Å². The standard InChI is InChI=1S/C14H17ClN4/c1-16-9-11-12(15)3-2-4-13(11)19-8-7-18-6-5-17-14(18)10-19/h2-6,16H,7-10H2,1H3. The van der Waals surface area contributed by atoms with Gasteiger partial charge in [-0.15, -0.1) is 0 Å². The molecular formula is C14H17ClN4. The van der Waals surface area contributed by atoms with Gasteiger partial charge in [-0.1, -0.05) is 17.7 Å². The molecule has 0 radical (unpaired) electrons. The lowest BCUT2D eigenvalue weighted by Crippen LogP contribution is -2.34. The summed E-state index contributed by atoms with van der Waals surface area (Å²) in [6.45, 7) is 3.57. The van der Waals surface area contributed by atoms with Crippen molar-refractivity contribution in [2.45, 2.75) is 19.6 Å². The summed E-state index contributed by atoms with van der Waals surface area (Å²) in [5.74, 6) is 1.11. The SMILES string of the molecule is CNCc1c(Cl)cccc1N1CCn2ccnc2C1. The summed E-state index contributed by atoms with van der Waals surface area (Å²) in [7, 11) is 1.94. The van der Waals surface area contributed by atoms with Gasteiger partial charge in [0.05, 0.1) is 6.54 Å². The highest BCUT2D eigenvalue weighted by atomic mass is 35.5. The third-order valence-electron chi connectivity index (χ3n) is 3.53. The molecule has 0 saturated heterocycles. The van der Waals surface area contributed by atoms with E-state index in [-0.39, 0.29) is 0 Å². The Balaban J connectivity index is 1.93. The first-order valence-corrected chi connectivity index (χ1v) is 6.84. The zero-order valence-electron chi connectivity index (χ0n) is 10.9. The average molecular weight is 277 g/mol. The zero-order chi connectivity index (χ0) is 13.2. The smallest absolute Gasteiger partial charge is 0.128 e. The van der Waals surface area contributed by atoms with Gasteiger partial charge in [0.2, 0.25) is 0 Å². The topological polar surface area (TPSA) is 33.1 Å². The van der Waals surface area contributed by atoms with Crippen molar-refractivity contribution in [3.05, 3.63) is 47.0 Å². The Hall–Kier alpha value is -1.52. The third-order valence-corrected chi connectivity index (χ3v) is 3.89. The number of nitrogens with one attached hydrogen (secondary N) is 1. The van der Waals surface area contributed by atoms with Crippen molar-refractivity contribution in [3.8, 4) is 0 Å². The van der Waals surface area contributed by atoms with Gasteiger partial charge in [0.1, 0.15) is 5.82 Å². The van der Waals surface area contributed by atoms with Crippen LogP contribution in [0.1, 0.15) is 11.4 Å². The first kappa shape index (κ1) is 12.5. The van der Waals surface area contributed by atoms with Crippen LogP contribution in [0.15, 0.2) is 30.6 Å². The largest absolute Gasteiger partial charge is 0.362 e. The maximum Gasteiger partial charge on any atom is 0.128 e. The number of imidazole rings is 1. The van der Waals surface area contributed by atoms with Crippen LogP contribution < -0.4 is 10.2 Å². The van der Waals surface area contributed by atoms with Gasteiger partial charge in [0.15, 0.2) is 0 Å². The first-order chi connectivity index (χ1) is 9.29. The molecule has 1 N–H and O–H groups in total.